The molecule has 0 bridgehead atoms. The smallest absolute Gasteiger partial charge is 0.130 e. The van der Waals surface area contributed by atoms with Crippen molar-refractivity contribution in [3.05, 3.63) is 59.9 Å². The number of rotatable bonds is 4. The maximum atomic E-state index is 13.0. The minimum absolute atomic E-state index is 0.0493. The summed E-state index contributed by atoms with van der Waals surface area (Å²) in [5.74, 6) is 0.854. The number of hydrogen-bond donors (Lipinski definition) is 1. The summed E-state index contributed by atoms with van der Waals surface area (Å²) in [7, 11) is 0. The molecule has 3 heteroatoms. The second-order valence-corrected chi connectivity index (χ2v) is 4.14. The summed E-state index contributed by atoms with van der Waals surface area (Å²) in [6.45, 7) is 2.04. The van der Waals surface area contributed by atoms with E-state index in [1.54, 1.807) is 12.1 Å². The van der Waals surface area contributed by atoms with Crippen LogP contribution in [0.25, 0.3) is 0 Å². The molecule has 0 radical (unpaired) electrons. The van der Waals surface area contributed by atoms with Crippen LogP contribution in [-0.2, 0) is 0 Å². The van der Waals surface area contributed by atoms with E-state index in [1.807, 2.05) is 31.2 Å². The second-order valence-electron chi connectivity index (χ2n) is 4.14. The third-order valence-corrected chi connectivity index (χ3v) is 2.78. The summed E-state index contributed by atoms with van der Waals surface area (Å²) in [5, 5.41) is 0. The van der Waals surface area contributed by atoms with Gasteiger partial charge in [0, 0.05) is 12.1 Å². The quantitative estimate of drug-likeness (QED) is 0.882. The molecule has 2 aromatic rings. The lowest BCUT2D eigenvalue weighted by Gasteiger charge is -2.10. The topological polar surface area (TPSA) is 35.2 Å². The van der Waals surface area contributed by atoms with Gasteiger partial charge in [0.1, 0.15) is 17.3 Å². The fourth-order valence-corrected chi connectivity index (χ4v) is 1.69. The SMILES string of the molecule is CC[C@H](N)c1ccc(Oc2cccc(F)c2)cc1. The normalized spacial score (nSPS) is 12.2. The van der Waals surface area contributed by atoms with E-state index in [-0.39, 0.29) is 11.9 Å². The molecule has 0 saturated heterocycles. The van der Waals surface area contributed by atoms with Gasteiger partial charge in [0.15, 0.2) is 0 Å². The van der Waals surface area contributed by atoms with Crippen LogP contribution in [0.15, 0.2) is 48.5 Å². The van der Waals surface area contributed by atoms with Gasteiger partial charge in [-0.25, -0.2) is 4.39 Å². The first-order chi connectivity index (χ1) is 8.69. The Hall–Kier alpha value is -1.87. The average Bonchev–Trinajstić information content (AvgIpc) is 2.39. The van der Waals surface area contributed by atoms with Crippen molar-refractivity contribution in [2.45, 2.75) is 19.4 Å². The molecule has 0 saturated carbocycles. The summed E-state index contributed by atoms with van der Waals surface area (Å²) < 4.78 is 18.5. The Bertz CT molecular complexity index is 510. The third kappa shape index (κ3) is 3.08. The van der Waals surface area contributed by atoms with Crippen LogP contribution in [0.1, 0.15) is 24.9 Å². The zero-order chi connectivity index (χ0) is 13.0. The van der Waals surface area contributed by atoms with E-state index in [0.29, 0.717) is 11.5 Å². The maximum Gasteiger partial charge on any atom is 0.130 e. The fraction of sp³-hybridized carbons (Fsp3) is 0.200. The molecule has 0 aliphatic heterocycles. The Balaban J connectivity index is 2.11. The van der Waals surface area contributed by atoms with Gasteiger partial charge in [0.25, 0.3) is 0 Å². The Kier molecular flexibility index (Phi) is 3.95. The number of hydrogen-bond acceptors (Lipinski definition) is 2. The summed E-state index contributed by atoms with van der Waals surface area (Å²) in [6.07, 6.45) is 0.893. The molecule has 0 fully saturated rings. The van der Waals surface area contributed by atoms with Gasteiger partial charge >= 0.3 is 0 Å². The van der Waals surface area contributed by atoms with Crippen LogP contribution < -0.4 is 10.5 Å². The Morgan fingerprint density at radius 1 is 1.11 bits per heavy atom. The Morgan fingerprint density at radius 3 is 2.44 bits per heavy atom. The predicted octanol–water partition coefficient (Wildman–Crippen LogP) is 4.03. The summed E-state index contributed by atoms with van der Waals surface area (Å²) >= 11 is 0. The standard InChI is InChI=1S/C15H16FNO/c1-2-15(17)11-6-8-13(9-7-11)18-14-5-3-4-12(16)10-14/h3-10,15H,2,17H2,1H3/t15-/m0/s1. The summed E-state index contributed by atoms with van der Waals surface area (Å²) in [6, 6.07) is 13.7. The highest BCUT2D eigenvalue weighted by molar-refractivity contribution is 5.34. The van der Waals surface area contributed by atoms with E-state index in [9.17, 15) is 4.39 Å². The molecule has 0 aliphatic rings. The van der Waals surface area contributed by atoms with Crippen molar-refractivity contribution >= 4 is 0 Å². The van der Waals surface area contributed by atoms with Crippen molar-refractivity contribution in [2.75, 3.05) is 0 Å². The van der Waals surface area contributed by atoms with Gasteiger partial charge in [-0.15, -0.1) is 0 Å². The van der Waals surface area contributed by atoms with Crippen LogP contribution in [0.2, 0.25) is 0 Å². The van der Waals surface area contributed by atoms with Gasteiger partial charge in [-0.1, -0.05) is 25.1 Å². The first-order valence-electron chi connectivity index (χ1n) is 5.98. The van der Waals surface area contributed by atoms with Crippen molar-refractivity contribution in [3.63, 3.8) is 0 Å². The van der Waals surface area contributed by atoms with E-state index in [2.05, 4.69) is 0 Å². The van der Waals surface area contributed by atoms with Crippen molar-refractivity contribution in [2.24, 2.45) is 5.73 Å². The molecular formula is C15H16FNO. The first-order valence-corrected chi connectivity index (χ1v) is 5.98. The van der Waals surface area contributed by atoms with Crippen LogP contribution >= 0.6 is 0 Å². The molecule has 2 nitrogen and oxygen atoms in total. The van der Waals surface area contributed by atoms with E-state index < -0.39 is 0 Å². The van der Waals surface area contributed by atoms with E-state index in [0.717, 1.165) is 12.0 Å². The third-order valence-electron chi connectivity index (χ3n) is 2.78. The molecule has 0 amide bonds. The lowest BCUT2D eigenvalue weighted by molar-refractivity contribution is 0.476. The number of nitrogens with two attached hydrogens (primary N) is 1. The minimum Gasteiger partial charge on any atom is -0.457 e. The molecule has 94 valence electrons. The van der Waals surface area contributed by atoms with E-state index in [4.69, 9.17) is 10.5 Å². The van der Waals surface area contributed by atoms with E-state index in [1.165, 1.54) is 12.1 Å². The number of halogens is 1. The van der Waals surface area contributed by atoms with Gasteiger partial charge in [-0.05, 0) is 36.2 Å². The molecule has 2 aromatic carbocycles. The van der Waals surface area contributed by atoms with Gasteiger partial charge in [-0.2, -0.15) is 0 Å². The average molecular weight is 245 g/mol. The van der Waals surface area contributed by atoms with Crippen molar-refractivity contribution in [1.29, 1.82) is 0 Å². The van der Waals surface area contributed by atoms with Crippen LogP contribution in [0.4, 0.5) is 4.39 Å². The molecule has 2 N–H and O–H groups in total. The van der Waals surface area contributed by atoms with Gasteiger partial charge in [0.05, 0.1) is 0 Å². The highest BCUT2D eigenvalue weighted by Gasteiger charge is 2.04. The molecule has 0 aliphatic carbocycles. The fourth-order valence-electron chi connectivity index (χ4n) is 1.69. The van der Waals surface area contributed by atoms with Crippen LogP contribution in [-0.4, -0.2) is 0 Å². The lowest BCUT2D eigenvalue weighted by Crippen LogP contribution is -2.07. The lowest BCUT2D eigenvalue weighted by atomic mass is 10.1. The van der Waals surface area contributed by atoms with Gasteiger partial charge in [-0.3, -0.25) is 0 Å². The van der Waals surface area contributed by atoms with Crippen LogP contribution in [0, 0.1) is 5.82 Å². The van der Waals surface area contributed by atoms with Crippen molar-refractivity contribution < 1.29 is 9.13 Å². The zero-order valence-electron chi connectivity index (χ0n) is 10.3. The molecule has 0 spiro atoms. The Morgan fingerprint density at radius 2 is 1.83 bits per heavy atom. The second kappa shape index (κ2) is 5.65. The molecule has 2 rings (SSSR count). The molecule has 0 heterocycles. The molecule has 1 atom stereocenters. The number of benzene rings is 2. The molecule has 0 aromatic heterocycles. The van der Waals surface area contributed by atoms with Gasteiger partial charge < -0.3 is 10.5 Å². The largest absolute Gasteiger partial charge is 0.457 e. The zero-order valence-corrected chi connectivity index (χ0v) is 10.3. The van der Waals surface area contributed by atoms with Crippen molar-refractivity contribution in [1.82, 2.24) is 0 Å². The predicted molar refractivity (Wildman–Crippen MR) is 70.1 cm³/mol. The summed E-state index contributed by atoms with van der Waals surface area (Å²) in [4.78, 5) is 0. The molecule has 18 heavy (non-hydrogen) atoms. The first kappa shape index (κ1) is 12.6. The monoisotopic (exact) mass is 245 g/mol. The van der Waals surface area contributed by atoms with Crippen LogP contribution in [0.5, 0.6) is 11.5 Å². The van der Waals surface area contributed by atoms with Gasteiger partial charge in [0.2, 0.25) is 0 Å². The van der Waals surface area contributed by atoms with Crippen LogP contribution in [0.3, 0.4) is 0 Å². The highest BCUT2D eigenvalue weighted by atomic mass is 19.1. The number of ether oxygens (including phenoxy) is 1. The maximum absolute atomic E-state index is 13.0. The van der Waals surface area contributed by atoms with Crippen molar-refractivity contribution in [3.8, 4) is 11.5 Å². The Labute approximate surface area is 106 Å². The minimum atomic E-state index is -0.308. The molecular weight excluding hydrogens is 229 g/mol. The summed E-state index contributed by atoms with van der Waals surface area (Å²) in [5.41, 5.74) is 7.00. The highest BCUT2D eigenvalue weighted by Crippen LogP contribution is 2.24. The van der Waals surface area contributed by atoms with E-state index >= 15 is 0 Å². The molecule has 0 unspecified atom stereocenters.